The van der Waals surface area contributed by atoms with Gasteiger partial charge in [-0.2, -0.15) is 0 Å². The number of ether oxygens (including phenoxy) is 1. The van der Waals surface area contributed by atoms with Gasteiger partial charge in [-0.1, -0.05) is 6.92 Å². The van der Waals surface area contributed by atoms with Crippen LogP contribution in [0.15, 0.2) is 36.5 Å². The summed E-state index contributed by atoms with van der Waals surface area (Å²) in [6, 6.07) is 10.2. The van der Waals surface area contributed by atoms with Gasteiger partial charge in [-0.15, -0.1) is 0 Å². The number of anilines is 2. The van der Waals surface area contributed by atoms with Crippen molar-refractivity contribution in [2.75, 3.05) is 56.0 Å². The molecule has 0 unspecified atom stereocenters. The van der Waals surface area contributed by atoms with Gasteiger partial charge in [0.2, 0.25) is 0 Å². The molecule has 1 aromatic carbocycles. The molecule has 0 radical (unpaired) electrons. The van der Waals surface area contributed by atoms with E-state index < -0.39 is 5.60 Å². The zero-order chi connectivity index (χ0) is 25.9. The van der Waals surface area contributed by atoms with Crippen LogP contribution >= 0.6 is 0 Å². The lowest BCUT2D eigenvalue weighted by Gasteiger charge is -2.35. The second kappa shape index (κ2) is 10.9. The Hall–Kier alpha value is -3.00. The largest absolute Gasteiger partial charge is 0.444 e. The minimum atomic E-state index is -0.500. The summed E-state index contributed by atoms with van der Waals surface area (Å²) < 4.78 is 7.56. The molecular weight excluding hydrogens is 454 g/mol. The number of carbonyl (C=O) groups is 2. The van der Waals surface area contributed by atoms with E-state index >= 15 is 0 Å². The van der Waals surface area contributed by atoms with Gasteiger partial charge >= 0.3 is 6.09 Å². The molecule has 0 spiro atoms. The van der Waals surface area contributed by atoms with E-state index in [9.17, 15) is 9.59 Å². The molecule has 2 fully saturated rings. The monoisotopic (exact) mass is 495 g/mol. The number of likely N-dealkylation sites (tertiary alicyclic amines) is 1. The van der Waals surface area contributed by atoms with Gasteiger partial charge in [0.1, 0.15) is 11.3 Å². The van der Waals surface area contributed by atoms with E-state index in [0.717, 1.165) is 56.8 Å². The second-order valence-electron chi connectivity index (χ2n) is 10.9. The average Bonchev–Trinajstić information content (AvgIpc) is 3.34. The van der Waals surface area contributed by atoms with Crippen LogP contribution in [0.3, 0.4) is 0 Å². The molecule has 3 heterocycles. The van der Waals surface area contributed by atoms with Gasteiger partial charge in [0.15, 0.2) is 0 Å². The highest BCUT2D eigenvalue weighted by Crippen LogP contribution is 2.28. The van der Waals surface area contributed by atoms with Crippen LogP contribution in [-0.4, -0.2) is 77.8 Å². The number of likely N-dealkylation sites (N-methyl/N-ethyl adjacent to an activating group) is 1. The van der Waals surface area contributed by atoms with E-state index in [1.165, 1.54) is 5.69 Å². The molecule has 0 saturated carbocycles. The fourth-order valence-corrected chi connectivity index (χ4v) is 5.05. The molecule has 4 rings (SSSR count). The third-order valence-electron chi connectivity index (χ3n) is 7.16. The lowest BCUT2D eigenvalue weighted by molar-refractivity contribution is 0.0187. The van der Waals surface area contributed by atoms with E-state index in [2.05, 4.69) is 38.7 Å². The number of aromatic nitrogens is 1. The van der Waals surface area contributed by atoms with Gasteiger partial charge in [0.05, 0.1) is 0 Å². The molecule has 8 heteroatoms. The van der Waals surface area contributed by atoms with E-state index in [4.69, 9.17) is 4.74 Å². The summed E-state index contributed by atoms with van der Waals surface area (Å²) in [5, 5.41) is 3.12. The van der Waals surface area contributed by atoms with Gasteiger partial charge < -0.3 is 29.3 Å². The predicted octanol–water partition coefficient (Wildman–Crippen LogP) is 4.76. The molecule has 2 aliphatic heterocycles. The van der Waals surface area contributed by atoms with Crippen molar-refractivity contribution in [2.45, 2.75) is 59.1 Å². The Kier molecular flexibility index (Phi) is 7.93. The second-order valence-corrected chi connectivity index (χ2v) is 10.9. The number of hydrogen-bond donors (Lipinski definition) is 1. The number of nitrogens with zero attached hydrogens (tertiary/aromatic N) is 4. The van der Waals surface area contributed by atoms with Crippen molar-refractivity contribution in [3.63, 3.8) is 0 Å². The molecule has 2 aromatic rings. The van der Waals surface area contributed by atoms with Crippen LogP contribution in [-0.2, 0) is 4.74 Å². The van der Waals surface area contributed by atoms with Crippen LogP contribution in [0.5, 0.6) is 0 Å². The van der Waals surface area contributed by atoms with Crippen LogP contribution in [0.2, 0.25) is 0 Å². The standard InChI is InChI=1S/C28H41N5O3/c1-6-30-16-18-31(19-17-30)23-9-10-24(21(2)20-23)29-26(34)25-8-7-13-33(25)22-11-14-32(15-12-22)27(35)36-28(3,4)5/h7-10,13,20,22H,6,11-12,14-19H2,1-5H3,(H,29,34). The smallest absolute Gasteiger partial charge is 0.410 e. The highest BCUT2D eigenvalue weighted by Gasteiger charge is 2.29. The van der Waals surface area contributed by atoms with Crippen molar-refractivity contribution in [2.24, 2.45) is 0 Å². The van der Waals surface area contributed by atoms with E-state index in [0.29, 0.717) is 18.8 Å². The first-order valence-electron chi connectivity index (χ1n) is 13.2. The molecule has 0 atom stereocenters. The summed E-state index contributed by atoms with van der Waals surface area (Å²) in [6.45, 7) is 16.5. The maximum Gasteiger partial charge on any atom is 0.410 e. The fraction of sp³-hybridized carbons (Fsp3) is 0.571. The number of benzene rings is 1. The van der Waals surface area contributed by atoms with Crippen molar-refractivity contribution >= 4 is 23.4 Å². The Bertz CT molecular complexity index is 1060. The quantitative estimate of drug-likeness (QED) is 0.648. The Morgan fingerprint density at radius 1 is 1.03 bits per heavy atom. The Morgan fingerprint density at radius 2 is 1.72 bits per heavy atom. The molecule has 36 heavy (non-hydrogen) atoms. The summed E-state index contributed by atoms with van der Waals surface area (Å²) in [6.07, 6.45) is 3.27. The topological polar surface area (TPSA) is 70.0 Å². The molecule has 8 nitrogen and oxygen atoms in total. The SMILES string of the molecule is CCN1CCN(c2ccc(NC(=O)c3cccn3C3CCN(C(=O)OC(C)(C)C)CC3)c(C)c2)CC1. The molecule has 0 bridgehead atoms. The van der Waals surface area contributed by atoms with Gasteiger partial charge in [-0.3, -0.25) is 4.79 Å². The van der Waals surface area contributed by atoms with Gasteiger partial charge in [0, 0.05) is 62.9 Å². The van der Waals surface area contributed by atoms with E-state index in [1.54, 1.807) is 4.90 Å². The molecule has 196 valence electrons. The van der Waals surface area contributed by atoms with Crippen molar-refractivity contribution in [3.8, 4) is 0 Å². The maximum atomic E-state index is 13.2. The Labute approximate surface area is 215 Å². The number of rotatable bonds is 5. The lowest BCUT2D eigenvalue weighted by atomic mass is 10.0. The molecule has 0 aliphatic carbocycles. The zero-order valence-electron chi connectivity index (χ0n) is 22.4. The number of carbonyl (C=O) groups excluding carboxylic acids is 2. The molecule has 2 amide bonds. The number of amides is 2. The minimum absolute atomic E-state index is 0.109. The van der Waals surface area contributed by atoms with Crippen molar-refractivity contribution < 1.29 is 14.3 Å². The third-order valence-corrected chi connectivity index (χ3v) is 7.16. The Balaban J connectivity index is 1.36. The normalized spacial score (nSPS) is 17.8. The fourth-order valence-electron chi connectivity index (χ4n) is 5.05. The van der Waals surface area contributed by atoms with Crippen LogP contribution in [0.25, 0.3) is 0 Å². The van der Waals surface area contributed by atoms with E-state index in [-0.39, 0.29) is 18.0 Å². The molecule has 2 aliphatic rings. The van der Waals surface area contributed by atoms with Crippen molar-refractivity contribution in [1.29, 1.82) is 0 Å². The van der Waals surface area contributed by atoms with Crippen LogP contribution in [0, 0.1) is 6.92 Å². The number of aryl methyl sites for hydroxylation is 1. The summed E-state index contributed by atoms with van der Waals surface area (Å²) in [4.78, 5) is 32.3. The highest BCUT2D eigenvalue weighted by atomic mass is 16.6. The number of nitrogens with one attached hydrogen (secondary N) is 1. The maximum absolute atomic E-state index is 13.2. The first-order chi connectivity index (χ1) is 17.1. The van der Waals surface area contributed by atoms with Gasteiger partial charge in [0.25, 0.3) is 5.91 Å². The highest BCUT2D eigenvalue weighted by molar-refractivity contribution is 6.03. The summed E-state index contributed by atoms with van der Waals surface area (Å²) >= 11 is 0. The Morgan fingerprint density at radius 3 is 2.33 bits per heavy atom. The van der Waals surface area contributed by atoms with Crippen molar-refractivity contribution in [1.82, 2.24) is 14.4 Å². The van der Waals surface area contributed by atoms with Crippen LogP contribution in [0.1, 0.15) is 62.6 Å². The summed E-state index contributed by atoms with van der Waals surface area (Å²) in [5.41, 5.74) is 3.25. The number of hydrogen-bond acceptors (Lipinski definition) is 5. The van der Waals surface area contributed by atoms with Crippen LogP contribution in [0.4, 0.5) is 16.2 Å². The number of piperidine rings is 1. The van der Waals surface area contributed by atoms with Gasteiger partial charge in [-0.05, 0) is 83.0 Å². The zero-order valence-corrected chi connectivity index (χ0v) is 22.4. The number of piperazine rings is 1. The molecule has 1 N–H and O–H groups in total. The third kappa shape index (κ3) is 6.22. The molecular formula is C28H41N5O3. The minimum Gasteiger partial charge on any atom is -0.444 e. The first kappa shape index (κ1) is 26.1. The van der Waals surface area contributed by atoms with Gasteiger partial charge in [-0.25, -0.2) is 4.79 Å². The van der Waals surface area contributed by atoms with Crippen molar-refractivity contribution in [3.05, 3.63) is 47.8 Å². The summed E-state index contributed by atoms with van der Waals surface area (Å²) in [5.74, 6) is -0.109. The first-order valence-corrected chi connectivity index (χ1v) is 13.2. The van der Waals surface area contributed by atoms with Crippen LogP contribution < -0.4 is 10.2 Å². The molecule has 2 saturated heterocycles. The average molecular weight is 496 g/mol. The summed E-state index contributed by atoms with van der Waals surface area (Å²) in [7, 11) is 0. The van der Waals surface area contributed by atoms with E-state index in [1.807, 2.05) is 52.1 Å². The molecule has 1 aromatic heterocycles. The predicted molar refractivity (Wildman–Crippen MR) is 144 cm³/mol. The lowest BCUT2D eigenvalue weighted by Crippen LogP contribution is -2.46.